The van der Waals surface area contributed by atoms with Gasteiger partial charge in [0.05, 0.1) is 20.4 Å². The van der Waals surface area contributed by atoms with Gasteiger partial charge in [-0.1, -0.05) is 70.1 Å². The summed E-state index contributed by atoms with van der Waals surface area (Å²) in [6.45, 7) is 15.5. The molecular formula is C44H56N2O6S4Si2. The van der Waals surface area contributed by atoms with Crippen molar-refractivity contribution in [3.05, 3.63) is 96.1 Å². The molecule has 0 bridgehead atoms. The summed E-state index contributed by atoms with van der Waals surface area (Å²) in [5, 5.41) is 2.08. The number of nitrogens with zero attached hydrogens (tertiary/aromatic N) is 2. The summed E-state index contributed by atoms with van der Waals surface area (Å²) in [5.41, 5.74) is 6.98. The van der Waals surface area contributed by atoms with Gasteiger partial charge in [-0.05, 0) is 115 Å². The fourth-order valence-electron chi connectivity index (χ4n) is 7.23. The van der Waals surface area contributed by atoms with Gasteiger partial charge in [0.15, 0.2) is 0 Å². The topological polar surface area (TPSA) is 81.2 Å². The van der Waals surface area contributed by atoms with Gasteiger partial charge in [0, 0.05) is 72.6 Å². The van der Waals surface area contributed by atoms with Crippen molar-refractivity contribution in [2.24, 2.45) is 0 Å². The maximum Gasteiger partial charge on any atom is 0.500 e. The zero-order valence-corrected chi connectivity index (χ0v) is 39.8. The molecular weight excluding hydrogens is 837 g/mol. The van der Waals surface area contributed by atoms with Gasteiger partial charge in [-0.2, -0.15) is 0 Å². The van der Waals surface area contributed by atoms with E-state index in [1.165, 1.54) is 41.4 Å². The molecule has 0 radical (unpaired) electrons. The highest BCUT2D eigenvalue weighted by atomic mass is 33.1. The van der Waals surface area contributed by atoms with E-state index in [9.17, 15) is 0 Å². The molecule has 0 amide bonds. The lowest BCUT2D eigenvalue weighted by atomic mass is 10.0. The molecule has 0 N–H and O–H groups in total. The minimum absolute atomic E-state index is 0.566. The van der Waals surface area contributed by atoms with Crippen LogP contribution in [0.4, 0.5) is 0 Å². The Labute approximate surface area is 362 Å². The molecule has 0 fully saturated rings. The van der Waals surface area contributed by atoms with Crippen molar-refractivity contribution >= 4 is 82.3 Å². The Hall–Kier alpha value is -2.45. The lowest BCUT2D eigenvalue weighted by molar-refractivity contribution is 0.0700. The number of rotatable bonds is 25. The minimum Gasteiger partial charge on any atom is -0.374 e. The number of fused-ring (bicyclic) bond motifs is 2. The fraction of sp³-hybridized carbons (Fsp3) is 0.409. The summed E-state index contributed by atoms with van der Waals surface area (Å²) in [4.78, 5) is 12.7. The molecule has 4 aromatic carbocycles. The van der Waals surface area contributed by atoms with Gasteiger partial charge in [-0.15, -0.1) is 22.7 Å². The third-order valence-electron chi connectivity index (χ3n) is 9.54. The Kier molecular flexibility index (Phi) is 17.4. The van der Waals surface area contributed by atoms with E-state index >= 15 is 0 Å². The van der Waals surface area contributed by atoms with Gasteiger partial charge in [-0.3, -0.25) is 0 Å². The Balaban J connectivity index is 1.35. The molecule has 14 heteroatoms. The number of aromatic nitrogens is 2. The van der Waals surface area contributed by atoms with E-state index in [4.69, 9.17) is 36.5 Å². The smallest absolute Gasteiger partial charge is 0.374 e. The van der Waals surface area contributed by atoms with Gasteiger partial charge < -0.3 is 26.6 Å². The second-order valence-electron chi connectivity index (χ2n) is 13.4. The summed E-state index contributed by atoms with van der Waals surface area (Å²) < 4.78 is 39.9. The van der Waals surface area contributed by atoms with Crippen LogP contribution in [0.25, 0.3) is 41.6 Å². The van der Waals surface area contributed by atoms with Gasteiger partial charge in [0.1, 0.15) is 10.0 Å². The molecule has 310 valence electrons. The van der Waals surface area contributed by atoms with Crippen LogP contribution in [0.5, 0.6) is 0 Å². The largest absolute Gasteiger partial charge is 0.500 e. The highest BCUT2D eigenvalue weighted by Crippen LogP contribution is 2.47. The normalized spacial score (nSPS) is 12.3. The van der Waals surface area contributed by atoms with Gasteiger partial charge in [-0.25, -0.2) is 9.97 Å². The molecule has 8 nitrogen and oxygen atoms in total. The summed E-state index contributed by atoms with van der Waals surface area (Å²) in [6, 6.07) is 31.6. The Bertz CT molecular complexity index is 1950. The maximum atomic E-state index is 6.26. The molecule has 6 rings (SSSR count). The van der Waals surface area contributed by atoms with E-state index in [-0.39, 0.29) is 0 Å². The van der Waals surface area contributed by atoms with Crippen LogP contribution in [-0.2, 0) is 39.4 Å². The first-order valence-corrected chi connectivity index (χ1v) is 28.2. The summed E-state index contributed by atoms with van der Waals surface area (Å²) in [5.74, 6) is 0. The first-order chi connectivity index (χ1) is 28.4. The van der Waals surface area contributed by atoms with E-state index in [2.05, 4.69) is 84.9 Å². The first-order valence-electron chi connectivity index (χ1n) is 20.5. The van der Waals surface area contributed by atoms with E-state index in [0.717, 1.165) is 58.8 Å². The monoisotopic (exact) mass is 892 g/mol. The van der Waals surface area contributed by atoms with Crippen molar-refractivity contribution in [2.75, 3.05) is 39.6 Å². The van der Waals surface area contributed by atoms with Gasteiger partial charge in [0.25, 0.3) is 0 Å². The zero-order chi connectivity index (χ0) is 40.8. The van der Waals surface area contributed by atoms with Gasteiger partial charge >= 0.3 is 17.6 Å². The van der Waals surface area contributed by atoms with Crippen LogP contribution in [-0.4, -0.2) is 67.2 Å². The van der Waals surface area contributed by atoms with Crippen molar-refractivity contribution in [3.8, 4) is 21.1 Å². The van der Waals surface area contributed by atoms with Crippen LogP contribution < -0.4 is 0 Å². The molecule has 0 saturated carbocycles. The van der Waals surface area contributed by atoms with Crippen LogP contribution in [0.3, 0.4) is 0 Å². The number of hydrogen-bond acceptors (Lipinski definition) is 12. The molecule has 2 aromatic heterocycles. The number of benzene rings is 4. The second kappa shape index (κ2) is 22.4. The number of thiazole rings is 2. The van der Waals surface area contributed by atoms with E-state index in [1.807, 2.05) is 63.1 Å². The predicted molar refractivity (Wildman–Crippen MR) is 249 cm³/mol. The highest BCUT2D eigenvalue weighted by molar-refractivity contribution is 8.76. The fourth-order valence-corrected chi connectivity index (χ4v) is 17.0. The second-order valence-corrected chi connectivity index (χ2v) is 23.1. The molecule has 0 aliphatic carbocycles. The van der Waals surface area contributed by atoms with Crippen molar-refractivity contribution in [1.82, 2.24) is 9.97 Å². The SMILES string of the molecule is CCO[Si](CCCc1c(SSc2cccc(-c3nc4ccccc4s3)c2CCC[Si](OCC)(OCC)OCC)cccc1-c1nc2ccccc2s1)(OCC)OCC. The van der Waals surface area contributed by atoms with Crippen LogP contribution in [0, 0.1) is 0 Å². The highest BCUT2D eigenvalue weighted by Gasteiger charge is 2.41. The Morgan fingerprint density at radius 2 is 0.828 bits per heavy atom. The van der Waals surface area contributed by atoms with E-state index in [1.54, 1.807) is 22.7 Å². The minimum atomic E-state index is -2.82. The molecule has 0 atom stereocenters. The third-order valence-corrected chi connectivity index (χ3v) is 20.5. The molecule has 0 spiro atoms. The van der Waals surface area contributed by atoms with Crippen LogP contribution in [0.1, 0.15) is 65.5 Å². The van der Waals surface area contributed by atoms with Crippen molar-refractivity contribution in [3.63, 3.8) is 0 Å². The number of hydrogen-bond donors (Lipinski definition) is 0. The third kappa shape index (κ3) is 11.3. The molecule has 0 unspecified atom stereocenters. The quantitative estimate of drug-likeness (QED) is 0.0409. The molecule has 6 aromatic rings. The molecule has 58 heavy (non-hydrogen) atoms. The van der Waals surface area contributed by atoms with Gasteiger partial charge in [0.2, 0.25) is 0 Å². The summed E-state index contributed by atoms with van der Waals surface area (Å²) >= 11 is 3.50. The molecule has 0 saturated heterocycles. The summed E-state index contributed by atoms with van der Waals surface area (Å²) in [6.07, 6.45) is 3.43. The van der Waals surface area contributed by atoms with Crippen molar-refractivity contribution in [2.45, 2.75) is 89.1 Å². The Morgan fingerprint density at radius 1 is 0.466 bits per heavy atom. The molecule has 0 aliphatic rings. The maximum absolute atomic E-state index is 6.26. The average molecular weight is 893 g/mol. The lowest BCUT2D eigenvalue weighted by Gasteiger charge is -2.28. The zero-order valence-electron chi connectivity index (χ0n) is 34.5. The van der Waals surface area contributed by atoms with Crippen LogP contribution in [0.2, 0.25) is 12.1 Å². The predicted octanol–water partition coefficient (Wildman–Crippen LogP) is 13.0. The first kappa shape index (κ1) is 45.1. The van der Waals surface area contributed by atoms with E-state index in [0.29, 0.717) is 39.6 Å². The summed E-state index contributed by atoms with van der Waals surface area (Å²) in [7, 11) is -1.99. The average Bonchev–Trinajstić information content (AvgIpc) is 3.86. The van der Waals surface area contributed by atoms with E-state index < -0.39 is 17.6 Å². The Morgan fingerprint density at radius 3 is 1.17 bits per heavy atom. The van der Waals surface area contributed by atoms with Crippen molar-refractivity contribution < 1.29 is 26.6 Å². The molecule has 0 aliphatic heterocycles. The van der Waals surface area contributed by atoms with Crippen molar-refractivity contribution in [1.29, 1.82) is 0 Å². The lowest BCUT2D eigenvalue weighted by Crippen LogP contribution is -2.46. The van der Waals surface area contributed by atoms with Crippen LogP contribution >= 0.6 is 44.3 Å². The standard InChI is InChI=1S/C44H56N2O6S4Si2/c1-7-47-57(48-8-2,49-9-3)31-19-23-33-35(43-45-37-25-13-15-27-41(37)53-43)21-17-29-39(33)55-56-40-30-18-22-36(44-46-38-26-14-16-28-42(38)54-44)34(40)24-20-32-58(50-10-4,51-11-5)52-12-6/h13-18,21-22,25-30H,7-12,19-20,23-24,31-32H2,1-6H3. The van der Waals surface area contributed by atoms with Crippen LogP contribution in [0.15, 0.2) is 94.7 Å². The number of para-hydroxylation sites is 2. The molecule has 2 heterocycles.